The highest BCUT2D eigenvalue weighted by Gasteiger charge is 2.52. The Kier molecular flexibility index (Phi) is 9.04. The second kappa shape index (κ2) is 13.6. The molecular formula is C50H55N3. The zero-order chi connectivity index (χ0) is 37.0. The Morgan fingerprint density at radius 1 is 0.623 bits per heavy atom. The highest BCUT2D eigenvalue weighted by Crippen LogP contribution is 2.63. The third-order valence-corrected chi connectivity index (χ3v) is 12.0. The molecule has 5 aromatic carbocycles. The number of hydrogen-bond donors (Lipinski definition) is 1. The number of hydrogen-bond acceptors (Lipinski definition) is 3. The fourth-order valence-corrected chi connectivity index (χ4v) is 8.91. The van der Waals surface area contributed by atoms with Gasteiger partial charge in [-0.1, -0.05) is 183 Å². The Hall–Kier alpha value is -4.76. The highest BCUT2D eigenvalue weighted by molar-refractivity contribution is 6.16. The highest BCUT2D eigenvalue weighted by atomic mass is 15.2. The maximum absolute atomic E-state index is 5.41. The normalized spacial score (nSPS) is 19.6. The first kappa shape index (κ1) is 35.3. The molecule has 1 N–H and O–H groups in total. The van der Waals surface area contributed by atoms with Crippen molar-refractivity contribution in [1.82, 2.24) is 5.32 Å². The van der Waals surface area contributed by atoms with Gasteiger partial charge in [0.2, 0.25) is 0 Å². The number of nitrogens with one attached hydrogen (secondary N) is 1. The van der Waals surface area contributed by atoms with E-state index in [9.17, 15) is 0 Å². The molecule has 0 spiro atoms. The van der Waals surface area contributed by atoms with Crippen molar-refractivity contribution in [2.45, 2.75) is 109 Å². The minimum atomic E-state index is -0.273. The number of rotatable bonds is 9. The van der Waals surface area contributed by atoms with E-state index >= 15 is 0 Å². The van der Waals surface area contributed by atoms with Crippen molar-refractivity contribution in [1.29, 1.82) is 0 Å². The molecule has 0 saturated heterocycles. The van der Waals surface area contributed by atoms with Crippen LogP contribution in [0.2, 0.25) is 0 Å². The van der Waals surface area contributed by atoms with Gasteiger partial charge in [0.05, 0.1) is 0 Å². The lowest BCUT2D eigenvalue weighted by Gasteiger charge is -2.33. The molecule has 0 amide bonds. The van der Waals surface area contributed by atoms with Crippen molar-refractivity contribution >= 4 is 11.7 Å². The van der Waals surface area contributed by atoms with Gasteiger partial charge < -0.3 is 5.32 Å². The minimum Gasteiger partial charge on any atom is -0.344 e. The van der Waals surface area contributed by atoms with Crippen molar-refractivity contribution in [2.24, 2.45) is 15.9 Å². The molecule has 2 aliphatic carbocycles. The van der Waals surface area contributed by atoms with Gasteiger partial charge in [-0.25, -0.2) is 9.98 Å². The Balaban J connectivity index is 1.28. The lowest BCUT2D eigenvalue weighted by atomic mass is 9.70. The summed E-state index contributed by atoms with van der Waals surface area (Å²) in [5.41, 5.74) is 14.5. The van der Waals surface area contributed by atoms with Crippen LogP contribution in [0.15, 0.2) is 125 Å². The lowest BCUT2D eigenvalue weighted by Crippen LogP contribution is -2.33. The Morgan fingerprint density at radius 3 is 1.85 bits per heavy atom. The molecule has 3 heteroatoms. The molecule has 1 saturated carbocycles. The second-order valence-corrected chi connectivity index (χ2v) is 17.7. The van der Waals surface area contributed by atoms with Crippen LogP contribution in [-0.2, 0) is 16.2 Å². The van der Waals surface area contributed by atoms with Crippen LogP contribution in [0.4, 0.5) is 0 Å². The summed E-state index contributed by atoms with van der Waals surface area (Å²) in [6, 6.07) is 43.1. The summed E-state index contributed by atoms with van der Waals surface area (Å²) in [5, 5.41) is 3.73. The van der Waals surface area contributed by atoms with Crippen LogP contribution in [0.1, 0.15) is 132 Å². The van der Waals surface area contributed by atoms with Crippen molar-refractivity contribution in [3.63, 3.8) is 0 Å². The number of aliphatic imine (C=N–C) groups is 2. The van der Waals surface area contributed by atoms with Crippen LogP contribution in [0, 0.1) is 5.92 Å². The quantitative estimate of drug-likeness (QED) is 0.153. The minimum absolute atomic E-state index is 0.0743. The SMILES string of the molecule is CCCCCC1(C2CC2)c2ccccc2-c2c(-c3ccccc3C3=NC(c4ccc(C(C)(C)C)cc4)NC(c4ccc(C(C)(C)C)cc4)=N3)cccc21. The number of benzene rings is 5. The van der Waals surface area contributed by atoms with Gasteiger partial charge in [-0.05, 0) is 86.1 Å². The Bertz CT molecular complexity index is 2190. The predicted molar refractivity (Wildman–Crippen MR) is 224 cm³/mol. The molecule has 270 valence electrons. The fourth-order valence-electron chi connectivity index (χ4n) is 8.91. The van der Waals surface area contributed by atoms with E-state index in [2.05, 4.69) is 169 Å². The maximum atomic E-state index is 5.41. The molecule has 3 nitrogen and oxygen atoms in total. The van der Waals surface area contributed by atoms with Gasteiger partial charge in [0.1, 0.15) is 12.0 Å². The van der Waals surface area contributed by atoms with Crippen LogP contribution < -0.4 is 5.32 Å². The first-order chi connectivity index (χ1) is 25.5. The van der Waals surface area contributed by atoms with Gasteiger partial charge in [0, 0.05) is 16.5 Å². The second-order valence-electron chi connectivity index (χ2n) is 17.7. The van der Waals surface area contributed by atoms with Crippen LogP contribution in [0.3, 0.4) is 0 Å². The van der Waals surface area contributed by atoms with Crippen molar-refractivity contribution < 1.29 is 0 Å². The standard InChI is InChI=1S/C50H55N3/c1-8-9-14-32-50(37-30-31-37)42-20-13-12-18-41(42)44-39(19-15-21-43(44)50)38-16-10-11-17-40(38)47-52-45(33-22-26-35(27-23-33)48(2,3)4)51-46(53-47)34-24-28-36(29-25-34)49(5,6)7/h10-13,15-29,37,45H,8-9,14,30-32H2,1-7H3,(H,51,52,53). The van der Waals surface area contributed by atoms with Gasteiger partial charge in [0.15, 0.2) is 5.84 Å². The van der Waals surface area contributed by atoms with Gasteiger partial charge in [-0.15, -0.1) is 0 Å². The summed E-state index contributed by atoms with van der Waals surface area (Å²) < 4.78 is 0. The van der Waals surface area contributed by atoms with Gasteiger partial charge in [0.25, 0.3) is 0 Å². The summed E-state index contributed by atoms with van der Waals surface area (Å²) >= 11 is 0. The summed E-state index contributed by atoms with van der Waals surface area (Å²) in [6.07, 6.45) is 7.36. The first-order valence-electron chi connectivity index (χ1n) is 20.0. The third kappa shape index (κ3) is 6.47. The molecule has 0 radical (unpaired) electrons. The number of unbranched alkanes of at least 4 members (excludes halogenated alkanes) is 2. The molecule has 1 fully saturated rings. The monoisotopic (exact) mass is 697 g/mol. The molecule has 1 heterocycles. The summed E-state index contributed by atoms with van der Waals surface area (Å²) in [6.45, 7) is 15.9. The van der Waals surface area contributed by atoms with Crippen molar-refractivity contribution in [3.8, 4) is 22.3 Å². The van der Waals surface area contributed by atoms with Crippen molar-refractivity contribution in [3.05, 3.63) is 154 Å². The smallest absolute Gasteiger partial charge is 0.160 e. The van der Waals surface area contributed by atoms with Crippen LogP contribution in [0.25, 0.3) is 22.3 Å². The zero-order valence-corrected chi connectivity index (χ0v) is 32.8. The zero-order valence-electron chi connectivity index (χ0n) is 32.8. The molecule has 2 atom stereocenters. The van der Waals surface area contributed by atoms with Gasteiger partial charge in [-0.2, -0.15) is 0 Å². The summed E-state index contributed by atoms with van der Waals surface area (Å²) in [7, 11) is 0. The number of nitrogens with zero attached hydrogens (tertiary/aromatic N) is 2. The fraction of sp³-hybridized carbons (Fsp3) is 0.360. The average Bonchev–Trinajstić information content (AvgIpc) is 3.98. The van der Waals surface area contributed by atoms with Gasteiger partial charge >= 0.3 is 0 Å². The van der Waals surface area contributed by atoms with Crippen LogP contribution in [-0.4, -0.2) is 11.7 Å². The third-order valence-electron chi connectivity index (χ3n) is 12.0. The molecule has 53 heavy (non-hydrogen) atoms. The maximum Gasteiger partial charge on any atom is 0.160 e. The summed E-state index contributed by atoms with van der Waals surface area (Å²) in [4.78, 5) is 10.7. The largest absolute Gasteiger partial charge is 0.344 e. The predicted octanol–water partition coefficient (Wildman–Crippen LogP) is 12.7. The lowest BCUT2D eigenvalue weighted by molar-refractivity contribution is 0.403. The number of fused-ring (bicyclic) bond motifs is 3. The van der Waals surface area contributed by atoms with Crippen molar-refractivity contribution in [2.75, 3.05) is 0 Å². The van der Waals surface area contributed by atoms with E-state index in [4.69, 9.17) is 9.98 Å². The molecule has 0 aromatic heterocycles. The Morgan fingerprint density at radius 2 is 1.21 bits per heavy atom. The average molecular weight is 698 g/mol. The van der Waals surface area contributed by atoms with Gasteiger partial charge in [-0.3, -0.25) is 0 Å². The van der Waals surface area contributed by atoms with E-state index in [-0.39, 0.29) is 22.4 Å². The van der Waals surface area contributed by atoms with E-state index < -0.39 is 0 Å². The molecule has 2 unspecified atom stereocenters. The van der Waals surface area contributed by atoms with Crippen LogP contribution in [0.5, 0.6) is 0 Å². The number of amidine groups is 2. The Labute approximate surface area is 317 Å². The molecule has 1 aliphatic heterocycles. The van der Waals surface area contributed by atoms with Crippen LogP contribution >= 0.6 is 0 Å². The van der Waals surface area contributed by atoms with E-state index in [1.807, 2.05) is 0 Å². The van der Waals surface area contributed by atoms with E-state index in [1.165, 1.54) is 83.0 Å². The summed E-state index contributed by atoms with van der Waals surface area (Å²) in [5.74, 6) is 2.32. The van der Waals surface area contributed by atoms with E-state index in [0.29, 0.717) is 5.92 Å². The molecule has 5 aromatic rings. The first-order valence-corrected chi connectivity index (χ1v) is 20.0. The molecule has 0 bridgehead atoms. The topological polar surface area (TPSA) is 36.8 Å². The molecule has 8 rings (SSSR count). The van der Waals surface area contributed by atoms with E-state index in [0.717, 1.165) is 28.4 Å². The van der Waals surface area contributed by atoms with E-state index in [1.54, 1.807) is 0 Å². The molecule has 3 aliphatic rings. The molecular weight excluding hydrogens is 643 g/mol.